The molecule has 12 aromatic rings. The summed E-state index contributed by atoms with van der Waals surface area (Å²) in [6.07, 6.45) is 0. The van der Waals surface area contributed by atoms with E-state index < -0.39 is 0 Å². The summed E-state index contributed by atoms with van der Waals surface area (Å²) in [6, 6.07) is 80.1. The maximum atomic E-state index is 2.51. The van der Waals surface area contributed by atoms with Crippen molar-refractivity contribution < 1.29 is 0 Å². The Balaban J connectivity index is 1.11. The zero-order valence-corrected chi connectivity index (χ0v) is 34.1. The van der Waals surface area contributed by atoms with E-state index in [4.69, 9.17) is 0 Å². The Morgan fingerprint density at radius 3 is 1.33 bits per heavy atom. The van der Waals surface area contributed by atoms with Gasteiger partial charge < -0.3 is 9.80 Å². The molecule has 10 aromatic carbocycles. The van der Waals surface area contributed by atoms with Gasteiger partial charge in [-0.05, 0) is 83.1 Å². The summed E-state index contributed by atoms with van der Waals surface area (Å²) >= 11 is 3.72. The Bertz CT molecular complexity index is 3590. The fraction of sp³-hybridized carbons (Fsp3) is 0. The van der Waals surface area contributed by atoms with Crippen LogP contribution in [0.25, 0.3) is 73.0 Å². The van der Waals surface area contributed by atoms with Crippen LogP contribution in [0.4, 0.5) is 34.1 Å². The van der Waals surface area contributed by atoms with Crippen molar-refractivity contribution in [2.45, 2.75) is 0 Å². The summed E-state index contributed by atoms with van der Waals surface area (Å²) in [6.45, 7) is 0. The quantitative estimate of drug-likeness (QED) is 0.158. The zero-order chi connectivity index (χ0) is 39.6. The van der Waals surface area contributed by atoms with Crippen LogP contribution in [0.5, 0.6) is 0 Å². The summed E-state index contributed by atoms with van der Waals surface area (Å²) < 4.78 is 5.14. The van der Waals surface area contributed by atoms with Gasteiger partial charge in [-0.2, -0.15) is 0 Å². The van der Waals surface area contributed by atoms with E-state index in [2.05, 4.69) is 228 Å². The van der Waals surface area contributed by atoms with E-state index >= 15 is 0 Å². The number of para-hydroxylation sites is 1. The number of nitrogens with zero attached hydrogens (tertiary/aromatic N) is 2. The van der Waals surface area contributed by atoms with Gasteiger partial charge in [-0.15, -0.1) is 22.7 Å². The number of benzene rings is 10. The van der Waals surface area contributed by atoms with E-state index in [9.17, 15) is 0 Å². The number of hydrogen-bond donors (Lipinski definition) is 0. The second-order valence-corrected chi connectivity index (χ2v) is 17.4. The van der Waals surface area contributed by atoms with Crippen molar-refractivity contribution in [3.05, 3.63) is 218 Å². The van der Waals surface area contributed by atoms with Crippen LogP contribution in [-0.2, 0) is 0 Å². The first-order chi connectivity index (χ1) is 29.8. The fourth-order valence-corrected chi connectivity index (χ4v) is 11.5. The first-order valence-electron chi connectivity index (χ1n) is 20.3. The second-order valence-electron chi connectivity index (χ2n) is 15.2. The fourth-order valence-electron chi connectivity index (χ4n) is 9.21. The van der Waals surface area contributed by atoms with E-state index in [-0.39, 0.29) is 0 Å². The van der Waals surface area contributed by atoms with Crippen LogP contribution in [0, 0.1) is 0 Å². The molecule has 0 aliphatic rings. The Morgan fingerprint density at radius 2 is 0.700 bits per heavy atom. The van der Waals surface area contributed by atoms with E-state index in [1.807, 2.05) is 22.7 Å². The molecule has 0 unspecified atom stereocenters. The highest BCUT2D eigenvalue weighted by Crippen LogP contribution is 2.50. The van der Waals surface area contributed by atoms with Gasteiger partial charge in [0.25, 0.3) is 0 Å². The first-order valence-corrected chi connectivity index (χ1v) is 22.0. The Morgan fingerprint density at radius 1 is 0.283 bits per heavy atom. The summed E-state index contributed by atoms with van der Waals surface area (Å²) in [5.74, 6) is 0. The van der Waals surface area contributed by atoms with Crippen molar-refractivity contribution in [2.24, 2.45) is 0 Å². The van der Waals surface area contributed by atoms with Gasteiger partial charge in [0.1, 0.15) is 0 Å². The highest BCUT2D eigenvalue weighted by Gasteiger charge is 2.24. The van der Waals surface area contributed by atoms with Crippen LogP contribution in [0.15, 0.2) is 218 Å². The molecule has 4 heteroatoms. The van der Waals surface area contributed by atoms with Crippen molar-refractivity contribution in [3.8, 4) is 11.1 Å². The third-order valence-corrected chi connectivity index (χ3v) is 14.1. The summed E-state index contributed by atoms with van der Waals surface area (Å²) in [5, 5.41) is 9.94. The Hall–Kier alpha value is -7.24. The van der Waals surface area contributed by atoms with Crippen LogP contribution in [0.3, 0.4) is 0 Å². The molecule has 2 aromatic heterocycles. The molecule has 0 radical (unpaired) electrons. The van der Waals surface area contributed by atoms with Gasteiger partial charge in [0.15, 0.2) is 0 Å². The van der Waals surface area contributed by atoms with E-state index in [0.29, 0.717) is 0 Å². The lowest BCUT2D eigenvalue weighted by Gasteiger charge is -2.30. The number of thiophene rings is 2. The van der Waals surface area contributed by atoms with E-state index in [1.165, 1.54) is 73.3 Å². The van der Waals surface area contributed by atoms with Crippen LogP contribution in [-0.4, -0.2) is 0 Å². The molecule has 282 valence electrons. The molecule has 2 nitrogen and oxygen atoms in total. The second kappa shape index (κ2) is 14.2. The highest BCUT2D eigenvalue weighted by molar-refractivity contribution is 7.26. The molecule has 0 saturated carbocycles. The van der Waals surface area contributed by atoms with Crippen molar-refractivity contribution in [2.75, 3.05) is 9.80 Å². The lowest BCUT2D eigenvalue weighted by molar-refractivity contribution is 1.30. The number of fused-ring (bicyclic) bond motifs is 8. The molecule has 0 aliphatic carbocycles. The van der Waals surface area contributed by atoms with Gasteiger partial charge in [0.2, 0.25) is 0 Å². The van der Waals surface area contributed by atoms with E-state index in [1.54, 1.807) is 0 Å². The van der Waals surface area contributed by atoms with Gasteiger partial charge in [0.05, 0.1) is 28.4 Å². The molecule has 0 N–H and O–H groups in total. The van der Waals surface area contributed by atoms with Crippen molar-refractivity contribution >= 4 is 119 Å². The summed E-state index contributed by atoms with van der Waals surface area (Å²) in [5.41, 5.74) is 9.14. The third-order valence-electron chi connectivity index (χ3n) is 11.8. The van der Waals surface area contributed by atoms with Crippen LogP contribution in [0.1, 0.15) is 0 Å². The van der Waals surface area contributed by atoms with Gasteiger partial charge in [-0.3, -0.25) is 0 Å². The topological polar surface area (TPSA) is 6.48 Å². The largest absolute Gasteiger partial charge is 0.309 e. The van der Waals surface area contributed by atoms with Gasteiger partial charge in [-0.25, -0.2) is 0 Å². The minimum absolute atomic E-state index is 1.10. The highest BCUT2D eigenvalue weighted by atomic mass is 32.1. The van der Waals surface area contributed by atoms with E-state index in [0.717, 1.165) is 33.9 Å². The molecule has 0 aliphatic heterocycles. The van der Waals surface area contributed by atoms with Crippen molar-refractivity contribution in [3.63, 3.8) is 0 Å². The molecule has 0 atom stereocenters. The molecule has 0 fully saturated rings. The molecule has 12 rings (SSSR count). The number of hydrogen-bond acceptors (Lipinski definition) is 4. The summed E-state index contributed by atoms with van der Waals surface area (Å²) in [4.78, 5) is 4.99. The average Bonchev–Trinajstić information content (AvgIpc) is 3.89. The lowest BCUT2D eigenvalue weighted by Crippen LogP contribution is -2.13. The maximum absolute atomic E-state index is 2.51. The molecule has 0 bridgehead atoms. The molecule has 2 heterocycles. The molecule has 0 spiro atoms. The zero-order valence-electron chi connectivity index (χ0n) is 32.5. The SMILES string of the molecule is c1cc(-c2ccccc2N(c2cccc3ccccc23)c2cccc3sc4ccccc4c23)cc(N(c2cccc3ccccc23)c2cccc3sc4ccccc4c23)c1. The molecular weight excluding hydrogens is 765 g/mol. The average molecular weight is 801 g/mol. The third kappa shape index (κ3) is 5.60. The monoisotopic (exact) mass is 800 g/mol. The van der Waals surface area contributed by atoms with Gasteiger partial charge in [0, 0.05) is 62.4 Å². The number of anilines is 6. The number of rotatable bonds is 7. The summed E-state index contributed by atoms with van der Waals surface area (Å²) in [7, 11) is 0. The van der Waals surface area contributed by atoms with Gasteiger partial charge >= 0.3 is 0 Å². The van der Waals surface area contributed by atoms with Crippen molar-refractivity contribution in [1.29, 1.82) is 0 Å². The molecule has 0 saturated heterocycles. The minimum Gasteiger partial charge on any atom is -0.309 e. The first kappa shape index (κ1) is 34.8. The minimum atomic E-state index is 1.10. The molecule has 60 heavy (non-hydrogen) atoms. The molecular formula is C56H36N2S2. The normalized spacial score (nSPS) is 11.7. The molecule has 0 amide bonds. The van der Waals surface area contributed by atoms with Gasteiger partial charge in [-0.1, -0.05) is 152 Å². The predicted molar refractivity (Wildman–Crippen MR) is 262 cm³/mol. The predicted octanol–water partition coefficient (Wildman–Crippen LogP) is 17.3. The smallest absolute Gasteiger partial charge is 0.0555 e. The Labute approximate surface area is 356 Å². The van der Waals surface area contributed by atoms with Crippen LogP contribution < -0.4 is 9.80 Å². The van der Waals surface area contributed by atoms with Crippen LogP contribution in [0.2, 0.25) is 0 Å². The maximum Gasteiger partial charge on any atom is 0.0555 e. The Kier molecular flexibility index (Phi) is 8.25. The van der Waals surface area contributed by atoms with Crippen molar-refractivity contribution in [1.82, 2.24) is 0 Å². The van der Waals surface area contributed by atoms with Crippen LogP contribution >= 0.6 is 22.7 Å². The lowest BCUT2D eigenvalue weighted by atomic mass is 9.98. The standard InChI is InChI=1S/C56H36N2S2/c1-3-22-41-37(16-1)18-12-28-46(41)57(49-30-14-34-53-55(49)44-25-6-9-32-51(44)59-53)40-21-11-20-39(36-40)43-24-5-8-27-47(43)58(48-29-13-19-38-17-2-4-23-42(38)48)50-31-15-35-54-56(50)45-26-7-10-33-52(45)60-54/h1-36H.